The topological polar surface area (TPSA) is 53.6 Å². The number of carbonyl (C=O) groups is 1. The van der Waals surface area contributed by atoms with Crippen molar-refractivity contribution in [3.05, 3.63) is 23.8 Å². The van der Waals surface area contributed by atoms with E-state index < -0.39 is 0 Å². The van der Waals surface area contributed by atoms with E-state index in [2.05, 4.69) is 28.5 Å². The smallest absolute Gasteiger partial charge is 0.262 e. The highest BCUT2D eigenvalue weighted by Gasteiger charge is 2.21. The van der Waals surface area contributed by atoms with Gasteiger partial charge in [0.25, 0.3) is 5.91 Å². The molecule has 1 atom stereocenters. The molecule has 2 aliphatic rings. The molecule has 0 saturated carbocycles. The van der Waals surface area contributed by atoms with Crippen LogP contribution in [0, 0.1) is 0 Å². The molecule has 0 bridgehead atoms. The van der Waals surface area contributed by atoms with E-state index in [4.69, 9.17) is 4.74 Å². The minimum atomic E-state index is -0.0822. The number of ether oxygens (including phenoxy) is 1. The quantitative estimate of drug-likeness (QED) is 0.856. The average Bonchev–Trinajstić information content (AvgIpc) is 2.74. The van der Waals surface area contributed by atoms with Gasteiger partial charge in [-0.1, -0.05) is 6.07 Å². The van der Waals surface area contributed by atoms with E-state index in [1.807, 2.05) is 12.1 Å². The van der Waals surface area contributed by atoms with Crippen LogP contribution in [0.3, 0.4) is 0 Å². The summed E-state index contributed by atoms with van der Waals surface area (Å²) in [5.41, 5.74) is 2.01. The van der Waals surface area contributed by atoms with E-state index in [9.17, 15) is 4.79 Å². The van der Waals surface area contributed by atoms with Crippen LogP contribution in [-0.4, -0.2) is 43.6 Å². The summed E-state index contributed by atoms with van der Waals surface area (Å²) in [6.07, 6.45) is 1.18. The fourth-order valence-electron chi connectivity index (χ4n) is 2.83. The first-order chi connectivity index (χ1) is 9.74. The monoisotopic (exact) mass is 275 g/mol. The summed E-state index contributed by atoms with van der Waals surface area (Å²) in [6.45, 7) is 6.62. The molecule has 1 aromatic rings. The van der Waals surface area contributed by atoms with Crippen molar-refractivity contribution in [2.45, 2.75) is 19.4 Å². The Morgan fingerprint density at radius 3 is 3.10 bits per heavy atom. The summed E-state index contributed by atoms with van der Waals surface area (Å²) >= 11 is 0. The lowest BCUT2D eigenvalue weighted by molar-refractivity contribution is -0.118. The van der Waals surface area contributed by atoms with Gasteiger partial charge in [0.1, 0.15) is 5.75 Å². The number of benzene rings is 1. The third-order valence-electron chi connectivity index (χ3n) is 4.04. The predicted molar refractivity (Wildman–Crippen MR) is 78.0 cm³/mol. The van der Waals surface area contributed by atoms with Crippen LogP contribution < -0.4 is 15.4 Å². The van der Waals surface area contributed by atoms with Gasteiger partial charge in [-0.3, -0.25) is 9.69 Å². The highest BCUT2D eigenvalue weighted by Crippen LogP contribution is 2.32. The van der Waals surface area contributed by atoms with Crippen LogP contribution >= 0.6 is 0 Å². The molecule has 1 unspecified atom stereocenters. The van der Waals surface area contributed by atoms with E-state index in [-0.39, 0.29) is 12.5 Å². The first kappa shape index (κ1) is 13.4. The summed E-state index contributed by atoms with van der Waals surface area (Å²) in [5, 5.41) is 6.30. The van der Waals surface area contributed by atoms with Gasteiger partial charge in [-0.05, 0) is 44.1 Å². The lowest BCUT2D eigenvalue weighted by atomic mass is 10.0. The van der Waals surface area contributed by atoms with Crippen molar-refractivity contribution in [2.75, 3.05) is 38.1 Å². The van der Waals surface area contributed by atoms with Gasteiger partial charge in [-0.25, -0.2) is 0 Å². The molecule has 1 amide bonds. The van der Waals surface area contributed by atoms with Crippen LogP contribution in [-0.2, 0) is 4.79 Å². The standard InChI is InChI=1S/C15H21N3O2/c1-11(18-7-2-5-16-6-8-18)12-3-4-14-13(9-12)17-15(19)10-20-14/h3-4,9,11,16H,2,5-8,10H2,1H3,(H,17,19). The van der Waals surface area contributed by atoms with Crippen LogP contribution in [0.25, 0.3) is 0 Å². The Kier molecular flexibility index (Phi) is 3.89. The first-order valence-electron chi connectivity index (χ1n) is 7.25. The molecule has 0 aromatic heterocycles. The SMILES string of the molecule is CC(c1ccc2c(c1)NC(=O)CO2)N1CCCNCC1. The predicted octanol–water partition coefficient (Wildman–Crippen LogP) is 1.37. The van der Waals surface area contributed by atoms with Gasteiger partial charge in [0.2, 0.25) is 0 Å². The van der Waals surface area contributed by atoms with Crippen molar-refractivity contribution in [3.63, 3.8) is 0 Å². The Hall–Kier alpha value is -1.59. The molecule has 108 valence electrons. The highest BCUT2D eigenvalue weighted by atomic mass is 16.5. The largest absolute Gasteiger partial charge is 0.482 e. The van der Waals surface area contributed by atoms with Gasteiger partial charge in [-0.2, -0.15) is 0 Å². The molecule has 2 heterocycles. The van der Waals surface area contributed by atoms with E-state index in [1.54, 1.807) is 0 Å². The van der Waals surface area contributed by atoms with Crippen LogP contribution in [0.15, 0.2) is 18.2 Å². The molecule has 0 spiro atoms. The fraction of sp³-hybridized carbons (Fsp3) is 0.533. The number of carbonyl (C=O) groups excluding carboxylic acids is 1. The third-order valence-corrected chi connectivity index (χ3v) is 4.04. The summed E-state index contributed by atoms with van der Waals surface area (Å²) in [4.78, 5) is 13.9. The van der Waals surface area contributed by atoms with Crippen LogP contribution in [0.1, 0.15) is 24.9 Å². The molecule has 20 heavy (non-hydrogen) atoms. The number of nitrogens with one attached hydrogen (secondary N) is 2. The minimum Gasteiger partial charge on any atom is -0.482 e. The van der Waals surface area contributed by atoms with Gasteiger partial charge in [0.05, 0.1) is 5.69 Å². The first-order valence-corrected chi connectivity index (χ1v) is 7.25. The summed E-state index contributed by atoms with van der Waals surface area (Å²) in [5.74, 6) is 0.680. The molecular formula is C15H21N3O2. The molecule has 1 saturated heterocycles. The maximum atomic E-state index is 11.4. The highest BCUT2D eigenvalue weighted by molar-refractivity contribution is 5.95. The number of nitrogens with zero attached hydrogens (tertiary/aromatic N) is 1. The Bertz CT molecular complexity index is 496. The zero-order chi connectivity index (χ0) is 13.9. The van der Waals surface area contributed by atoms with E-state index in [1.165, 1.54) is 12.0 Å². The van der Waals surface area contributed by atoms with Crippen molar-refractivity contribution in [1.82, 2.24) is 10.2 Å². The molecule has 1 aromatic carbocycles. The second kappa shape index (κ2) is 5.81. The van der Waals surface area contributed by atoms with Crippen molar-refractivity contribution < 1.29 is 9.53 Å². The maximum Gasteiger partial charge on any atom is 0.262 e. The summed E-state index contributed by atoms with van der Waals surface area (Å²) in [7, 11) is 0. The van der Waals surface area contributed by atoms with E-state index in [0.717, 1.165) is 37.6 Å². The summed E-state index contributed by atoms with van der Waals surface area (Å²) in [6, 6.07) is 6.43. The van der Waals surface area contributed by atoms with Crippen LogP contribution in [0.5, 0.6) is 5.75 Å². The molecule has 1 fully saturated rings. The molecule has 5 nitrogen and oxygen atoms in total. The minimum absolute atomic E-state index is 0.0822. The molecular weight excluding hydrogens is 254 g/mol. The zero-order valence-electron chi connectivity index (χ0n) is 11.8. The lowest BCUT2D eigenvalue weighted by Crippen LogP contribution is -2.31. The maximum absolute atomic E-state index is 11.4. The zero-order valence-corrected chi connectivity index (χ0v) is 11.8. The van der Waals surface area contributed by atoms with Gasteiger partial charge in [0.15, 0.2) is 6.61 Å². The number of anilines is 1. The van der Waals surface area contributed by atoms with E-state index in [0.29, 0.717) is 6.04 Å². The number of hydrogen-bond acceptors (Lipinski definition) is 4. The van der Waals surface area contributed by atoms with Crippen molar-refractivity contribution in [2.24, 2.45) is 0 Å². The van der Waals surface area contributed by atoms with Gasteiger partial charge >= 0.3 is 0 Å². The number of rotatable bonds is 2. The Labute approximate surface area is 119 Å². The van der Waals surface area contributed by atoms with Gasteiger partial charge in [-0.15, -0.1) is 0 Å². The Morgan fingerprint density at radius 1 is 1.30 bits per heavy atom. The molecule has 5 heteroatoms. The summed E-state index contributed by atoms with van der Waals surface area (Å²) < 4.78 is 5.40. The second-order valence-corrected chi connectivity index (χ2v) is 5.41. The molecule has 2 N–H and O–H groups in total. The Balaban J connectivity index is 1.79. The fourth-order valence-corrected chi connectivity index (χ4v) is 2.83. The number of amides is 1. The molecule has 0 radical (unpaired) electrons. The molecule has 3 rings (SSSR count). The van der Waals surface area contributed by atoms with Gasteiger partial charge in [0, 0.05) is 19.1 Å². The third kappa shape index (κ3) is 2.78. The van der Waals surface area contributed by atoms with Crippen molar-refractivity contribution >= 4 is 11.6 Å². The Morgan fingerprint density at radius 2 is 2.20 bits per heavy atom. The lowest BCUT2D eigenvalue weighted by Gasteiger charge is -2.28. The second-order valence-electron chi connectivity index (χ2n) is 5.41. The molecule has 2 aliphatic heterocycles. The van der Waals surface area contributed by atoms with Crippen molar-refractivity contribution in [3.8, 4) is 5.75 Å². The van der Waals surface area contributed by atoms with E-state index >= 15 is 0 Å². The van der Waals surface area contributed by atoms with Gasteiger partial charge < -0.3 is 15.4 Å². The number of fused-ring (bicyclic) bond motifs is 1. The molecule has 0 aliphatic carbocycles. The number of hydrogen-bond donors (Lipinski definition) is 2. The van der Waals surface area contributed by atoms with Crippen LogP contribution in [0.4, 0.5) is 5.69 Å². The van der Waals surface area contributed by atoms with Crippen molar-refractivity contribution in [1.29, 1.82) is 0 Å². The average molecular weight is 275 g/mol. The van der Waals surface area contributed by atoms with Crippen LogP contribution in [0.2, 0.25) is 0 Å². The normalized spacial score (nSPS) is 21.4.